The summed E-state index contributed by atoms with van der Waals surface area (Å²) in [5.41, 5.74) is 4.56. The number of hydrogen-bond acceptors (Lipinski definition) is 7. The maximum absolute atomic E-state index is 12.2. The summed E-state index contributed by atoms with van der Waals surface area (Å²) < 4.78 is 5.80. The predicted octanol–water partition coefficient (Wildman–Crippen LogP) is 4.89. The molecule has 2 saturated heterocycles. The number of aromatic nitrogens is 2. The normalized spacial score (nSPS) is 17.2. The summed E-state index contributed by atoms with van der Waals surface area (Å²) in [6.45, 7) is 8.58. The summed E-state index contributed by atoms with van der Waals surface area (Å²) in [5.74, 6) is 2.53. The Balaban J connectivity index is 1.45. The molecule has 8 nitrogen and oxygen atoms in total. The first-order valence-electron chi connectivity index (χ1n) is 13.1. The molecule has 0 radical (unpaired) electrons. The van der Waals surface area contributed by atoms with E-state index in [0.717, 1.165) is 78.2 Å². The van der Waals surface area contributed by atoms with Crippen LogP contribution >= 0.6 is 0 Å². The molecule has 8 heteroatoms. The fourth-order valence-corrected chi connectivity index (χ4v) is 5.78. The lowest BCUT2D eigenvalue weighted by Gasteiger charge is -2.38. The minimum absolute atomic E-state index is 0.0508. The molecule has 0 spiro atoms. The number of likely N-dealkylation sites (tertiary alicyclic amines) is 1. The van der Waals surface area contributed by atoms with Gasteiger partial charge in [0.2, 0.25) is 5.91 Å². The highest BCUT2D eigenvalue weighted by Gasteiger charge is 2.31. The molecule has 0 saturated carbocycles. The lowest BCUT2D eigenvalue weighted by atomic mass is 9.98. The number of hydrogen-bond donors (Lipinski definition) is 1. The molecule has 37 heavy (non-hydrogen) atoms. The van der Waals surface area contributed by atoms with Crippen LogP contribution in [0, 0.1) is 25.2 Å². The van der Waals surface area contributed by atoms with E-state index in [1.165, 1.54) is 0 Å². The number of nitrogens with zero attached hydrogens (tertiary/aromatic N) is 5. The molecule has 1 amide bonds. The Morgan fingerprint density at radius 3 is 2.62 bits per heavy atom. The van der Waals surface area contributed by atoms with Crippen molar-refractivity contribution < 1.29 is 9.53 Å². The second-order valence-corrected chi connectivity index (χ2v) is 10.1. The van der Waals surface area contributed by atoms with Crippen LogP contribution in [-0.2, 0) is 4.79 Å². The van der Waals surface area contributed by atoms with Gasteiger partial charge < -0.3 is 19.9 Å². The number of carbonyl (C=O) groups is 1. The largest absolute Gasteiger partial charge is 0.495 e. The van der Waals surface area contributed by atoms with Crippen LogP contribution in [0.15, 0.2) is 30.3 Å². The Bertz CT molecular complexity index is 1370. The molecule has 2 aromatic carbocycles. The average Bonchev–Trinajstić information content (AvgIpc) is 3.33. The van der Waals surface area contributed by atoms with E-state index in [2.05, 4.69) is 34.2 Å². The highest BCUT2D eigenvalue weighted by molar-refractivity contribution is 5.94. The van der Waals surface area contributed by atoms with Gasteiger partial charge in [-0.1, -0.05) is 12.1 Å². The second kappa shape index (κ2) is 10.3. The number of fused-ring (bicyclic) bond motifs is 1. The fraction of sp³-hybridized carbons (Fsp3) is 0.448. The van der Waals surface area contributed by atoms with Crippen molar-refractivity contribution >= 4 is 28.3 Å². The van der Waals surface area contributed by atoms with Gasteiger partial charge >= 0.3 is 0 Å². The topological polar surface area (TPSA) is 94.4 Å². The van der Waals surface area contributed by atoms with Gasteiger partial charge in [0, 0.05) is 43.5 Å². The van der Waals surface area contributed by atoms with Crippen molar-refractivity contribution in [3.8, 4) is 11.8 Å². The van der Waals surface area contributed by atoms with Crippen LogP contribution in [0.4, 0.5) is 11.5 Å². The Morgan fingerprint density at radius 1 is 1.16 bits per heavy atom. The van der Waals surface area contributed by atoms with Gasteiger partial charge in [-0.15, -0.1) is 0 Å². The zero-order valence-electron chi connectivity index (χ0n) is 22.0. The molecule has 3 heterocycles. The molecule has 0 bridgehead atoms. The molecule has 1 atom stereocenters. The zero-order valence-corrected chi connectivity index (χ0v) is 22.0. The number of methoxy groups -OCH3 is 1. The molecule has 1 unspecified atom stereocenters. The summed E-state index contributed by atoms with van der Waals surface area (Å²) in [5, 5.41) is 14.0. The number of rotatable bonds is 6. The van der Waals surface area contributed by atoms with Crippen molar-refractivity contribution in [2.24, 2.45) is 0 Å². The van der Waals surface area contributed by atoms with E-state index in [1.807, 2.05) is 38.1 Å². The van der Waals surface area contributed by atoms with Crippen LogP contribution in [0.1, 0.15) is 61.2 Å². The fourth-order valence-electron chi connectivity index (χ4n) is 5.78. The van der Waals surface area contributed by atoms with Crippen molar-refractivity contribution in [2.75, 3.05) is 37.0 Å². The van der Waals surface area contributed by atoms with E-state index >= 15 is 0 Å². The third kappa shape index (κ3) is 4.78. The van der Waals surface area contributed by atoms with Crippen LogP contribution in [0.5, 0.6) is 5.75 Å². The molecule has 3 aromatic rings. The maximum Gasteiger partial charge on any atom is 0.222 e. The number of piperidine rings is 1. The van der Waals surface area contributed by atoms with E-state index in [9.17, 15) is 10.1 Å². The minimum atomic E-state index is -0.0508. The lowest BCUT2D eigenvalue weighted by Crippen LogP contribution is -2.45. The molecule has 2 fully saturated rings. The molecule has 1 N–H and O–H groups in total. The number of carbonyl (C=O) groups excluding carboxylic acids is 1. The van der Waals surface area contributed by atoms with Gasteiger partial charge in [0.1, 0.15) is 17.4 Å². The summed E-state index contributed by atoms with van der Waals surface area (Å²) in [4.78, 5) is 26.1. The quantitative estimate of drug-likeness (QED) is 0.517. The highest BCUT2D eigenvalue weighted by atomic mass is 16.5. The van der Waals surface area contributed by atoms with E-state index in [4.69, 9.17) is 14.7 Å². The minimum Gasteiger partial charge on any atom is -0.495 e. The first kappa shape index (κ1) is 24.8. The summed E-state index contributed by atoms with van der Waals surface area (Å²) in [6.07, 6.45) is 3.57. The first-order chi connectivity index (χ1) is 17.9. The van der Waals surface area contributed by atoms with Crippen molar-refractivity contribution in [3.05, 3.63) is 52.8 Å². The van der Waals surface area contributed by atoms with E-state index in [0.29, 0.717) is 29.8 Å². The van der Waals surface area contributed by atoms with Crippen LogP contribution in [-0.4, -0.2) is 53.6 Å². The van der Waals surface area contributed by atoms with Gasteiger partial charge in [-0.2, -0.15) is 5.26 Å². The smallest absolute Gasteiger partial charge is 0.222 e. The van der Waals surface area contributed by atoms with E-state index < -0.39 is 0 Å². The molecular formula is C29H34N6O2. The van der Waals surface area contributed by atoms with Crippen LogP contribution in [0.3, 0.4) is 0 Å². The Hall–Kier alpha value is -3.86. The number of amides is 1. The van der Waals surface area contributed by atoms with Crippen molar-refractivity contribution in [2.45, 2.75) is 58.5 Å². The second-order valence-electron chi connectivity index (χ2n) is 10.1. The van der Waals surface area contributed by atoms with Gasteiger partial charge in [-0.05, 0) is 63.3 Å². The third-order valence-electron chi connectivity index (χ3n) is 7.78. The Labute approximate surface area is 218 Å². The molecule has 2 aliphatic heterocycles. The van der Waals surface area contributed by atoms with Gasteiger partial charge in [0.25, 0.3) is 0 Å². The number of ether oxygens (including phenoxy) is 1. The van der Waals surface area contributed by atoms with Crippen molar-refractivity contribution in [3.63, 3.8) is 0 Å². The predicted molar refractivity (Wildman–Crippen MR) is 145 cm³/mol. The Morgan fingerprint density at radius 2 is 1.95 bits per heavy atom. The van der Waals surface area contributed by atoms with E-state index in [-0.39, 0.29) is 6.04 Å². The van der Waals surface area contributed by atoms with Gasteiger partial charge in [0.15, 0.2) is 0 Å². The number of benzene rings is 2. The molecule has 192 valence electrons. The number of nitriles is 1. The molecule has 5 rings (SSSR count). The maximum atomic E-state index is 12.2. The summed E-state index contributed by atoms with van der Waals surface area (Å²) >= 11 is 0. The SMILES string of the molecule is COc1cc2nc(C)nc(NC(C)c3cccc(C#N)c3C)c2cc1N1CCC(N2CCCC2=O)CC1. The van der Waals surface area contributed by atoms with E-state index in [1.54, 1.807) is 7.11 Å². The zero-order chi connectivity index (χ0) is 26.1. The molecular weight excluding hydrogens is 464 g/mol. The number of nitrogens with one attached hydrogen (secondary N) is 1. The van der Waals surface area contributed by atoms with Crippen molar-refractivity contribution in [1.29, 1.82) is 5.26 Å². The van der Waals surface area contributed by atoms with Gasteiger partial charge in [0.05, 0.1) is 36.0 Å². The van der Waals surface area contributed by atoms with Gasteiger partial charge in [-0.25, -0.2) is 9.97 Å². The van der Waals surface area contributed by atoms with Crippen LogP contribution < -0.4 is 15.0 Å². The molecule has 2 aliphatic rings. The standard InChI is InChI=1S/C29H34N6O2/c1-18-21(17-30)7-5-8-23(18)19(2)31-29-24-15-26(27(37-4)16-25(24)32-20(3)33-29)34-13-10-22(11-14-34)35-12-6-9-28(35)36/h5,7-8,15-16,19,22H,6,9-14H2,1-4H3,(H,31,32,33). The summed E-state index contributed by atoms with van der Waals surface area (Å²) in [7, 11) is 1.69. The molecule has 1 aromatic heterocycles. The summed E-state index contributed by atoms with van der Waals surface area (Å²) in [6, 6.07) is 12.5. The third-order valence-corrected chi connectivity index (χ3v) is 7.78. The van der Waals surface area contributed by atoms with Gasteiger partial charge in [-0.3, -0.25) is 4.79 Å². The van der Waals surface area contributed by atoms with Crippen LogP contribution in [0.25, 0.3) is 10.9 Å². The number of anilines is 2. The highest BCUT2D eigenvalue weighted by Crippen LogP contribution is 2.38. The number of aryl methyl sites for hydroxylation is 1. The monoisotopic (exact) mass is 498 g/mol. The Kier molecular flexibility index (Phi) is 6.88. The first-order valence-corrected chi connectivity index (χ1v) is 13.1. The van der Waals surface area contributed by atoms with Crippen molar-refractivity contribution in [1.82, 2.24) is 14.9 Å². The molecule has 0 aliphatic carbocycles. The average molecular weight is 499 g/mol. The van der Waals surface area contributed by atoms with Crippen LogP contribution in [0.2, 0.25) is 0 Å². The lowest BCUT2D eigenvalue weighted by molar-refractivity contribution is -0.130.